The Morgan fingerprint density at radius 1 is 0.702 bits per heavy atom. The normalized spacial score (nSPS) is 19.2. The van der Waals surface area contributed by atoms with Crippen LogP contribution in [0.25, 0.3) is 0 Å². The van der Waals surface area contributed by atoms with Crippen LogP contribution in [-0.2, 0) is 33.3 Å². The van der Waals surface area contributed by atoms with E-state index in [2.05, 4.69) is 47.4 Å². The molecule has 0 aliphatic carbocycles. The van der Waals surface area contributed by atoms with E-state index in [1.807, 2.05) is 11.8 Å². The van der Waals surface area contributed by atoms with Gasteiger partial charge in [0.05, 0.1) is 44.6 Å². The third kappa shape index (κ3) is 20.1. The van der Waals surface area contributed by atoms with Gasteiger partial charge in [0.15, 0.2) is 0 Å². The Kier molecular flexibility index (Phi) is 22.6. The van der Waals surface area contributed by atoms with E-state index in [1.165, 1.54) is 0 Å². The highest BCUT2D eigenvalue weighted by molar-refractivity contribution is 8.00. The number of hydrogen-bond acceptors (Lipinski definition) is 9. The van der Waals surface area contributed by atoms with Gasteiger partial charge in [0.25, 0.3) is 0 Å². The summed E-state index contributed by atoms with van der Waals surface area (Å²) in [6, 6.07) is 0.414. The summed E-state index contributed by atoms with van der Waals surface area (Å²) in [6.07, 6.45) is 7.04. The minimum Gasteiger partial charge on any atom is -0.379 e. The van der Waals surface area contributed by atoms with Crippen LogP contribution in [0.5, 0.6) is 0 Å². The molecule has 2 saturated heterocycles. The zero-order valence-electron chi connectivity index (χ0n) is 28.9. The van der Waals surface area contributed by atoms with E-state index in [0.29, 0.717) is 109 Å². The van der Waals surface area contributed by atoms with Crippen LogP contribution in [0.15, 0.2) is 0 Å². The Morgan fingerprint density at radius 2 is 1.21 bits per heavy atom. The predicted octanol–water partition coefficient (Wildman–Crippen LogP) is 2.51. The quantitative estimate of drug-likeness (QED) is 0.0587. The third-order valence-electron chi connectivity index (χ3n) is 8.17. The van der Waals surface area contributed by atoms with E-state index in [4.69, 9.17) is 18.9 Å². The molecule has 13 nitrogen and oxygen atoms in total. The van der Waals surface area contributed by atoms with Gasteiger partial charge in [0.2, 0.25) is 17.7 Å². The molecule has 0 saturated carbocycles. The van der Waals surface area contributed by atoms with Crippen molar-refractivity contribution < 1.29 is 38.1 Å². The Morgan fingerprint density at radius 3 is 1.77 bits per heavy atom. The smallest absolute Gasteiger partial charge is 0.315 e. The molecule has 2 heterocycles. The lowest BCUT2D eigenvalue weighted by molar-refractivity contribution is -0.123. The van der Waals surface area contributed by atoms with Crippen molar-refractivity contribution in [1.29, 1.82) is 0 Å². The summed E-state index contributed by atoms with van der Waals surface area (Å²) < 4.78 is 22.3. The maximum atomic E-state index is 12.0. The first kappa shape index (κ1) is 41.0. The van der Waals surface area contributed by atoms with Gasteiger partial charge < -0.3 is 45.5 Å². The topological polar surface area (TPSA) is 165 Å². The lowest BCUT2D eigenvalue weighted by Crippen LogP contribution is -2.36. The maximum absolute atomic E-state index is 12.0. The molecule has 0 aromatic carbocycles. The fourth-order valence-electron chi connectivity index (χ4n) is 5.06. The van der Waals surface area contributed by atoms with Gasteiger partial charge in [0, 0.05) is 69.7 Å². The SMILES string of the molecule is CC(C)C(C)OCCCNC(=O)CCCC(=O)NCCCOCCOCCOCCCNC(=O)CCCC[C@@H]1SC[C@@H]2NC(=O)N[C@@H]21. The van der Waals surface area contributed by atoms with Gasteiger partial charge in [-0.2, -0.15) is 11.8 Å². The Balaban J connectivity index is 1.24. The molecule has 2 aliphatic rings. The average molecular weight is 688 g/mol. The van der Waals surface area contributed by atoms with Gasteiger partial charge in [-0.1, -0.05) is 20.3 Å². The van der Waals surface area contributed by atoms with Crippen molar-refractivity contribution in [3.05, 3.63) is 0 Å². The summed E-state index contributed by atoms with van der Waals surface area (Å²) in [7, 11) is 0. The summed E-state index contributed by atoms with van der Waals surface area (Å²) in [6.45, 7) is 11.7. The first-order chi connectivity index (χ1) is 22.8. The number of unbranched alkanes of at least 4 members (excludes halogenated alkanes) is 1. The lowest BCUT2D eigenvalue weighted by Gasteiger charge is -2.16. The van der Waals surface area contributed by atoms with Crippen molar-refractivity contribution in [2.45, 2.75) is 108 Å². The molecule has 5 N–H and O–H groups in total. The van der Waals surface area contributed by atoms with E-state index in [-0.39, 0.29) is 41.9 Å². The molecule has 2 rings (SSSR count). The molecule has 2 fully saturated rings. The lowest BCUT2D eigenvalue weighted by atomic mass is 10.0. The maximum Gasteiger partial charge on any atom is 0.315 e. The number of thioether (sulfide) groups is 1. The van der Waals surface area contributed by atoms with Crippen molar-refractivity contribution in [3.63, 3.8) is 0 Å². The van der Waals surface area contributed by atoms with Crippen LogP contribution in [0, 0.1) is 5.92 Å². The summed E-state index contributed by atoms with van der Waals surface area (Å²) in [5, 5.41) is 15.1. The summed E-state index contributed by atoms with van der Waals surface area (Å²) in [5.74, 6) is 1.43. The predicted molar refractivity (Wildman–Crippen MR) is 183 cm³/mol. The highest BCUT2D eigenvalue weighted by Gasteiger charge is 2.42. The highest BCUT2D eigenvalue weighted by Crippen LogP contribution is 2.33. The van der Waals surface area contributed by atoms with Crippen LogP contribution >= 0.6 is 11.8 Å². The summed E-state index contributed by atoms with van der Waals surface area (Å²) in [5.41, 5.74) is 0. The molecule has 2 aliphatic heterocycles. The van der Waals surface area contributed by atoms with E-state index in [9.17, 15) is 19.2 Å². The largest absolute Gasteiger partial charge is 0.379 e. The standard InChI is InChI=1S/C33H61N5O8S/c1-25(2)26(3)46-19-9-16-36-31(41)13-6-12-30(40)35-15-8-18-44-21-23-45-22-20-43-17-7-14-34-29(39)11-5-4-10-28-32-27(24-47-28)37-33(42)38-32/h25-28,32H,4-24H2,1-3H3,(H,34,39)(H,35,40)(H,36,41)(H2,37,38,42)/t26?,27-,28-,32-/m0/s1. The minimum atomic E-state index is -0.0592. The van der Waals surface area contributed by atoms with Crippen molar-refractivity contribution in [3.8, 4) is 0 Å². The summed E-state index contributed by atoms with van der Waals surface area (Å²) in [4.78, 5) is 47.4. The number of carbonyl (C=O) groups excluding carboxylic acids is 4. The minimum absolute atomic E-state index is 0.0336. The molecule has 4 atom stereocenters. The fraction of sp³-hybridized carbons (Fsp3) is 0.879. The monoisotopic (exact) mass is 687 g/mol. The van der Waals surface area contributed by atoms with Gasteiger partial charge in [-0.05, 0) is 51.4 Å². The summed E-state index contributed by atoms with van der Waals surface area (Å²) >= 11 is 1.90. The van der Waals surface area contributed by atoms with E-state index in [0.717, 1.165) is 37.9 Å². The van der Waals surface area contributed by atoms with Crippen LogP contribution in [0.2, 0.25) is 0 Å². The van der Waals surface area contributed by atoms with Crippen LogP contribution in [-0.4, -0.2) is 119 Å². The second-order valence-electron chi connectivity index (χ2n) is 12.5. The van der Waals surface area contributed by atoms with Crippen molar-refractivity contribution in [2.75, 3.05) is 71.6 Å². The molecule has 0 bridgehead atoms. The van der Waals surface area contributed by atoms with Gasteiger partial charge in [-0.25, -0.2) is 4.79 Å². The van der Waals surface area contributed by atoms with Crippen LogP contribution in [0.3, 0.4) is 0 Å². The Bertz CT molecular complexity index is 899. The molecule has 0 radical (unpaired) electrons. The molecule has 1 unspecified atom stereocenters. The number of nitrogens with one attached hydrogen (secondary N) is 5. The van der Waals surface area contributed by atoms with Gasteiger partial charge in [0.1, 0.15) is 0 Å². The van der Waals surface area contributed by atoms with Gasteiger partial charge in [-0.15, -0.1) is 0 Å². The number of carbonyl (C=O) groups is 4. The molecule has 47 heavy (non-hydrogen) atoms. The number of hydrogen-bond donors (Lipinski definition) is 5. The number of rotatable bonds is 29. The first-order valence-electron chi connectivity index (χ1n) is 17.6. The Hall–Kier alpha value is -2.13. The van der Waals surface area contributed by atoms with Crippen molar-refractivity contribution >= 4 is 35.5 Å². The van der Waals surface area contributed by atoms with Crippen LogP contribution in [0.1, 0.15) is 85.0 Å². The molecule has 0 aromatic rings. The van der Waals surface area contributed by atoms with E-state index >= 15 is 0 Å². The first-order valence-corrected chi connectivity index (χ1v) is 18.6. The van der Waals surface area contributed by atoms with E-state index in [1.54, 1.807) is 0 Å². The molecule has 14 heteroatoms. The van der Waals surface area contributed by atoms with Crippen molar-refractivity contribution in [1.82, 2.24) is 26.6 Å². The zero-order chi connectivity index (χ0) is 34.1. The van der Waals surface area contributed by atoms with Crippen LogP contribution < -0.4 is 26.6 Å². The molecule has 5 amide bonds. The third-order valence-corrected chi connectivity index (χ3v) is 9.68. The second kappa shape index (κ2) is 25.8. The molecular formula is C33H61N5O8S. The van der Waals surface area contributed by atoms with Crippen molar-refractivity contribution in [2.24, 2.45) is 5.92 Å². The Labute approximate surface area is 285 Å². The van der Waals surface area contributed by atoms with Crippen LogP contribution in [0.4, 0.5) is 4.79 Å². The number of urea groups is 1. The molecule has 272 valence electrons. The molecular weight excluding hydrogens is 626 g/mol. The molecule has 0 aromatic heterocycles. The fourth-order valence-corrected chi connectivity index (χ4v) is 6.60. The number of fused-ring (bicyclic) bond motifs is 1. The van der Waals surface area contributed by atoms with Gasteiger partial charge >= 0.3 is 6.03 Å². The second-order valence-corrected chi connectivity index (χ2v) is 13.8. The molecule has 0 spiro atoms. The number of ether oxygens (including phenoxy) is 4. The zero-order valence-corrected chi connectivity index (χ0v) is 29.7. The van der Waals surface area contributed by atoms with E-state index < -0.39 is 0 Å². The number of amides is 5. The highest BCUT2D eigenvalue weighted by atomic mass is 32.2. The van der Waals surface area contributed by atoms with Gasteiger partial charge in [-0.3, -0.25) is 14.4 Å². The average Bonchev–Trinajstić information content (AvgIpc) is 3.59.